The standard InChI is InChI=1S/C3ClF5O/c4-1(2(5)6)10-3(7,8)9. The molecule has 7 heteroatoms. The molecule has 0 rings (SSSR count). The van der Waals surface area contributed by atoms with Crippen LogP contribution in [0.3, 0.4) is 0 Å². The van der Waals surface area contributed by atoms with Crippen molar-refractivity contribution in [2.75, 3.05) is 0 Å². The summed E-state index contributed by atoms with van der Waals surface area (Å²) in [7, 11) is 0. The molecule has 0 aliphatic carbocycles. The van der Waals surface area contributed by atoms with Gasteiger partial charge in [0.2, 0.25) is 0 Å². The van der Waals surface area contributed by atoms with E-state index >= 15 is 0 Å². The monoisotopic (exact) mass is 182 g/mol. The van der Waals surface area contributed by atoms with Crippen LogP contribution in [-0.4, -0.2) is 6.36 Å². The summed E-state index contributed by atoms with van der Waals surface area (Å²) >= 11 is 4.29. The van der Waals surface area contributed by atoms with E-state index in [2.05, 4.69) is 16.3 Å². The molecule has 0 amide bonds. The zero-order valence-corrected chi connectivity index (χ0v) is 4.93. The Hall–Kier alpha value is -0.520. The highest BCUT2D eigenvalue weighted by atomic mass is 35.5. The number of hydrogen-bond donors (Lipinski definition) is 0. The summed E-state index contributed by atoms with van der Waals surface area (Å²) in [4.78, 5) is 0. The largest absolute Gasteiger partial charge is 0.573 e. The molecule has 0 fully saturated rings. The van der Waals surface area contributed by atoms with Gasteiger partial charge in [0.05, 0.1) is 0 Å². The molecule has 0 spiro atoms. The number of halogens is 6. The predicted octanol–water partition coefficient (Wildman–Crippen LogP) is 2.83. The van der Waals surface area contributed by atoms with Crippen LogP contribution >= 0.6 is 11.6 Å². The maximum absolute atomic E-state index is 11.1. The average molecular weight is 182 g/mol. The summed E-state index contributed by atoms with van der Waals surface area (Å²) < 4.78 is 57.7. The number of rotatable bonds is 1. The van der Waals surface area contributed by atoms with E-state index in [4.69, 9.17) is 0 Å². The van der Waals surface area contributed by atoms with Gasteiger partial charge in [-0.05, 0) is 11.6 Å². The van der Waals surface area contributed by atoms with Gasteiger partial charge >= 0.3 is 12.4 Å². The molecular formula is C3ClF5O. The molecule has 0 aromatic rings. The van der Waals surface area contributed by atoms with E-state index < -0.39 is 17.7 Å². The van der Waals surface area contributed by atoms with Crippen LogP contribution in [0.25, 0.3) is 0 Å². The molecule has 0 aliphatic heterocycles. The van der Waals surface area contributed by atoms with Crippen molar-refractivity contribution in [2.24, 2.45) is 0 Å². The Morgan fingerprint density at radius 2 is 1.60 bits per heavy atom. The first kappa shape index (κ1) is 9.48. The third-order valence-corrected chi connectivity index (χ3v) is 0.574. The van der Waals surface area contributed by atoms with Crippen molar-refractivity contribution in [3.05, 3.63) is 11.3 Å². The molecule has 0 N–H and O–H groups in total. The lowest BCUT2D eigenvalue weighted by molar-refractivity contribution is -0.302. The van der Waals surface area contributed by atoms with Gasteiger partial charge < -0.3 is 4.74 Å². The van der Waals surface area contributed by atoms with Gasteiger partial charge in [0.15, 0.2) is 0 Å². The number of alkyl halides is 3. The van der Waals surface area contributed by atoms with Gasteiger partial charge in [-0.15, -0.1) is 13.2 Å². The lowest BCUT2D eigenvalue weighted by atomic mass is 11.0. The average Bonchev–Trinajstić information content (AvgIpc) is 1.60. The summed E-state index contributed by atoms with van der Waals surface area (Å²) in [6.45, 7) is 0. The third kappa shape index (κ3) is 4.37. The second-order valence-corrected chi connectivity index (χ2v) is 1.43. The normalized spacial score (nSPS) is 11.0. The molecule has 0 aromatic carbocycles. The van der Waals surface area contributed by atoms with Crippen LogP contribution in [0.1, 0.15) is 0 Å². The van der Waals surface area contributed by atoms with E-state index in [9.17, 15) is 22.0 Å². The molecule has 0 aromatic heterocycles. The molecule has 0 atom stereocenters. The first-order valence-corrected chi connectivity index (χ1v) is 2.17. The van der Waals surface area contributed by atoms with E-state index in [1.807, 2.05) is 0 Å². The van der Waals surface area contributed by atoms with Crippen molar-refractivity contribution in [3.8, 4) is 0 Å². The van der Waals surface area contributed by atoms with Crippen molar-refractivity contribution in [2.45, 2.75) is 6.36 Å². The Labute approximate surface area is 57.0 Å². The van der Waals surface area contributed by atoms with Crippen LogP contribution in [0.5, 0.6) is 0 Å². The summed E-state index contributed by atoms with van der Waals surface area (Å²) in [5.41, 5.74) is 0. The van der Waals surface area contributed by atoms with Gasteiger partial charge in [0.25, 0.3) is 5.22 Å². The Bertz CT molecular complexity index is 145. The zero-order valence-electron chi connectivity index (χ0n) is 4.18. The zero-order chi connectivity index (χ0) is 8.36. The second-order valence-electron chi connectivity index (χ2n) is 1.08. The minimum Gasteiger partial charge on any atom is -0.389 e. The Morgan fingerprint density at radius 1 is 1.20 bits per heavy atom. The molecule has 0 heterocycles. The fourth-order valence-corrected chi connectivity index (χ4v) is 0.228. The molecule has 0 aliphatic rings. The van der Waals surface area contributed by atoms with Gasteiger partial charge in [-0.2, -0.15) is 8.78 Å². The Balaban J connectivity index is 4.06. The highest BCUT2D eigenvalue weighted by molar-refractivity contribution is 6.28. The van der Waals surface area contributed by atoms with Gasteiger partial charge in [0.1, 0.15) is 0 Å². The van der Waals surface area contributed by atoms with E-state index in [0.717, 1.165) is 0 Å². The fourth-order valence-electron chi connectivity index (χ4n) is 0.140. The topological polar surface area (TPSA) is 9.23 Å². The van der Waals surface area contributed by atoms with Gasteiger partial charge in [-0.3, -0.25) is 0 Å². The number of hydrogen-bond acceptors (Lipinski definition) is 1. The van der Waals surface area contributed by atoms with Crippen molar-refractivity contribution in [1.29, 1.82) is 0 Å². The summed E-state index contributed by atoms with van der Waals surface area (Å²) in [6, 6.07) is 0. The molecule has 0 saturated carbocycles. The van der Waals surface area contributed by atoms with Crippen molar-refractivity contribution < 1.29 is 26.7 Å². The lowest BCUT2D eigenvalue weighted by Crippen LogP contribution is -2.11. The Kier molecular flexibility index (Phi) is 2.89. The minimum atomic E-state index is -5.17. The minimum absolute atomic E-state index is 1.95. The second kappa shape index (κ2) is 3.05. The van der Waals surface area contributed by atoms with Crippen molar-refractivity contribution >= 4 is 11.6 Å². The molecule has 0 bridgehead atoms. The maximum atomic E-state index is 11.1. The van der Waals surface area contributed by atoms with E-state index in [-0.39, 0.29) is 0 Å². The molecule has 60 valence electrons. The van der Waals surface area contributed by atoms with Crippen LogP contribution in [-0.2, 0) is 4.74 Å². The van der Waals surface area contributed by atoms with Crippen LogP contribution < -0.4 is 0 Å². The van der Waals surface area contributed by atoms with Crippen molar-refractivity contribution in [3.63, 3.8) is 0 Å². The van der Waals surface area contributed by atoms with Gasteiger partial charge in [0, 0.05) is 0 Å². The van der Waals surface area contributed by atoms with Gasteiger partial charge in [-0.25, -0.2) is 0 Å². The first-order chi connectivity index (χ1) is 4.33. The summed E-state index contributed by atoms with van der Waals surface area (Å²) in [6.07, 6.45) is -7.88. The van der Waals surface area contributed by atoms with Crippen LogP contribution in [0.15, 0.2) is 11.3 Å². The van der Waals surface area contributed by atoms with Crippen molar-refractivity contribution in [1.82, 2.24) is 0 Å². The predicted molar refractivity (Wildman–Crippen MR) is 22.2 cm³/mol. The van der Waals surface area contributed by atoms with E-state index in [1.165, 1.54) is 0 Å². The van der Waals surface area contributed by atoms with Crippen LogP contribution in [0.4, 0.5) is 22.0 Å². The third-order valence-electron chi connectivity index (χ3n) is 0.354. The highest BCUT2D eigenvalue weighted by Crippen LogP contribution is 2.25. The smallest absolute Gasteiger partial charge is 0.389 e. The summed E-state index contributed by atoms with van der Waals surface area (Å²) in [5, 5.41) is -1.95. The molecule has 0 radical (unpaired) electrons. The van der Waals surface area contributed by atoms with Crippen LogP contribution in [0, 0.1) is 0 Å². The number of ether oxygens (including phenoxy) is 1. The van der Waals surface area contributed by atoms with E-state index in [1.54, 1.807) is 0 Å². The highest BCUT2D eigenvalue weighted by Gasteiger charge is 2.33. The molecule has 0 saturated heterocycles. The maximum Gasteiger partial charge on any atom is 0.573 e. The van der Waals surface area contributed by atoms with Crippen LogP contribution in [0.2, 0.25) is 0 Å². The Morgan fingerprint density at radius 3 is 1.70 bits per heavy atom. The molecular weight excluding hydrogens is 182 g/mol. The fraction of sp³-hybridized carbons (Fsp3) is 0.333. The molecule has 10 heavy (non-hydrogen) atoms. The van der Waals surface area contributed by atoms with E-state index in [0.29, 0.717) is 0 Å². The van der Waals surface area contributed by atoms with Gasteiger partial charge in [-0.1, -0.05) is 0 Å². The SMILES string of the molecule is FC(F)=C(Cl)OC(F)(F)F. The first-order valence-electron chi connectivity index (χ1n) is 1.79. The molecule has 0 unspecified atom stereocenters. The summed E-state index contributed by atoms with van der Waals surface area (Å²) in [5.74, 6) is 0. The quantitative estimate of drug-likeness (QED) is 0.448. The molecule has 1 nitrogen and oxygen atoms in total. The lowest BCUT2D eigenvalue weighted by Gasteiger charge is -2.04.